The van der Waals surface area contributed by atoms with Gasteiger partial charge in [0.2, 0.25) is 0 Å². The summed E-state index contributed by atoms with van der Waals surface area (Å²) < 4.78 is 9.42. The number of pyridine rings is 4. The van der Waals surface area contributed by atoms with Gasteiger partial charge in [0.25, 0.3) is 12.9 Å². The molecule has 0 fully saturated rings. The standard InChI is InChI=1S/C38H32N2S2.C12H8N2O4.CHNS.CNS.Ru/c1-21-15-31-35(41-21)27-9-7-23(17-29(27)37(31,3)4)25-11-13-39-33(19-25)34-20-26(12-14-40-34)24-8-10-28-30(18-24)38(5,6)32-16-22(2)42-36(28)32;15-7-17-9-1-3-13-11(5-9)12-6-10(18-8-16)2-4-14-12;2*2-1-3;/h7-20H,1-6H3;1-8H;3H;;/q;;;-1;+2/p-1. The Morgan fingerprint density at radius 1 is 0.582 bits per heavy atom. The summed E-state index contributed by atoms with van der Waals surface area (Å²) in [6.45, 7) is 14.5. The van der Waals surface area contributed by atoms with Crippen LogP contribution in [0.4, 0.5) is 0 Å². The number of hydrogen-bond acceptors (Lipinski definition) is 13. The molecule has 334 valence electrons. The summed E-state index contributed by atoms with van der Waals surface area (Å²) in [5.74, 6) is 0.719. The molecule has 10 nitrogen and oxygen atoms in total. The Hall–Kier alpha value is -6.49. The van der Waals surface area contributed by atoms with Gasteiger partial charge in [-0.25, -0.2) is 5.26 Å². The van der Waals surface area contributed by atoms with Crippen LogP contribution in [0.5, 0.6) is 11.5 Å². The largest absolute Gasteiger partial charge is 2.00 e. The summed E-state index contributed by atoms with van der Waals surface area (Å²) in [7, 11) is 0. The van der Waals surface area contributed by atoms with Gasteiger partial charge in [0.15, 0.2) is 0 Å². The molecule has 0 bridgehead atoms. The first-order valence-electron chi connectivity index (χ1n) is 20.4. The van der Waals surface area contributed by atoms with Crippen LogP contribution >= 0.6 is 34.9 Å². The van der Waals surface area contributed by atoms with Crippen molar-refractivity contribution in [2.45, 2.75) is 52.4 Å². The number of thiocarbonyl (C=S) groups is 1. The molecule has 0 spiro atoms. The van der Waals surface area contributed by atoms with E-state index < -0.39 is 0 Å². The minimum Gasteiger partial charge on any atom is -0.753 e. The van der Waals surface area contributed by atoms with Crippen molar-refractivity contribution in [3.63, 3.8) is 0 Å². The van der Waals surface area contributed by atoms with Crippen LogP contribution in [0.25, 0.3) is 71.3 Å². The topological polar surface area (TPSA) is 150 Å². The SMILES string of the molecule is Cc1cc2c(s1)-c1ccc(-c3ccnc(-c4cc(-c5ccc6c(c5)C(C)(C)c5cc(C)sc5-6)ccn4)c3)cc1C2(C)C.N#C[S-].O=COc1ccnc(-c2cc(OC=O)ccn2)c1.[N-]=C=S.[Ru+2]. The second kappa shape index (κ2) is 21.4. The number of nitriles is 1. The van der Waals surface area contributed by atoms with E-state index in [1.165, 1.54) is 87.0 Å². The Morgan fingerprint density at radius 2 is 0.910 bits per heavy atom. The monoisotopic (exact) mass is 1040 g/mol. The van der Waals surface area contributed by atoms with Gasteiger partial charge in [-0.05, 0) is 130 Å². The first-order valence-corrected chi connectivity index (χ1v) is 22.8. The Morgan fingerprint density at radius 3 is 1.27 bits per heavy atom. The molecule has 0 amide bonds. The fourth-order valence-electron chi connectivity index (χ4n) is 8.39. The third-order valence-electron chi connectivity index (χ3n) is 11.5. The molecule has 10 rings (SSSR count). The maximum atomic E-state index is 10.2. The van der Waals surface area contributed by atoms with Crippen molar-refractivity contribution < 1.29 is 38.5 Å². The summed E-state index contributed by atoms with van der Waals surface area (Å²) in [5, 5.41) is 16.9. The van der Waals surface area contributed by atoms with E-state index in [0.717, 1.165) is 22.5 Å². The number of isothiocyanates is 1. The Kier molecular flexibility index (Phi) is 16.0. The second-order valence-corrected chi connectivity index (χ2v) is 19.1. The van der Waals surface area contributed by atoms with Crippen molar-refractivity contribution in [3.05, 3.63) is 159 Å². The molecule has 0 saturated heterocycles. The first-order chi connectivity index (χ1) is 31.8. The second-order valence-electron chi connectivity index (χ2n) is 16.2. The number of nitrogens with zero attached hydrogens (tertiary/aromatic N) is 6. The maximum Gasteiger partial charge on any atom is 2.00 e. The van der Waals surface area contributed by atoms with Crippen LogP contribution in [0.3, 0.4) is 0 Å². The third-order valence-corrected chi connectivity index (χ3v) is 13.6. The molecular weight excluding hydrogens is 1000 g/mol. The molecule has 0 atom stereocenters. The van der Waals surface area contributed by atoms with Gasteiger partial charge in [0.05, 0.1) is 22.8 Å². The number of aryl methyl sites for hydroxylation is 2. The molecule has 0 unspecified atom stereocenters. The van der Waals surface area contributed by atoms with Crippen molar-refractivity contribution >= 4 is 65.6 Å². The van der Waals surface area contributed by atoms with E-state index in [1.807, 2.05) is 35.1 Å². The van der Waals surface area contributed by atoms with E-state index >= 15 is 0 Å². The molecule has 2 aliphatic rings. The molecule has 6 aromatic heterocycles. The van der Waals surface area contributed by atoms with E-state index in [1.54, 1.807) is 24.3 Å². The number of carbonyl (C=O) groups excluding carboxylic acids is 2. The van der Waals surface area contributed by atoms with Gasteiger partial charge in [-0.1, -0.05) is 69.6 Å². The van der Waals surface area contributed by atoms with Crippen molar-refractivity contribution in [1.82, 2.24) is 19.9 Å². The molecule has 6 heterocycles. The van der Waals surface area contributed by atoms with Gasteiger partial charge in [0, 0.05) is 67.3 Å². The van der Waals surface area contributed by atoms with Crippen LogP contribution in [0, 0.1) is 24.5 Å². The first kappa shape index (κ1) is 49.9. The number of aromatic nitrogens is 4. The van der Waals surface area contributed by atoms with Gasteiger partial charge in [-0.2, -0.15) is 5.16 Å². The number of carbonyl (C=O) groups is 2. The zero-order valence-corrected chi connectivity index (χ0v) is 42.0. The zero-order valence-electron chi connectivity index (χ0n) is 37.0. The minimum atomic E-state index is 0. The average Bonchev–Trinajstić information content (AvgIpc) is 4.02. The zero-order chi connectivity index (χ0) is 47.2. The van der Waals surface area contributed by atoms with E-state index in [0.29, 0.717) is 35.8 Å². The van der Waals surface area contributed by atoms with Gasteiger partial charge >= 0.3 is 19.5 Å². The summed E-state index contributed by atoms with van der Waals surface area (Å²) in [6, 6.07) is 33.4. The number of benzene rings is 2. The van der Waals surface area contributed by atoms with Crippen molar-refractivity contribution in [3.8, 4) is 82.8 Å². The molecule has 67 heavy (non-hydrogen) atoms. The molecule has 0 radical (unpaired) electrons. The van der Waals surface area contributed by atoms with Gasteiger partial charge in [0.1, 0.15) is 11.5 Å². The molecule has 2 aliphatic carbocycles. The summed E-state index contributed by atoms with van der Waals surface area (Å²) in [6.07, 6.45) is 6.80. The molecular formula is C52H40N6O4RuS4. The Balaban J connectivity index is 0.000000248. The van der Waals surface area contributed by atoms with Crippen LogP contribution in [-0.4, -0.2) is 38.0 Å². The fraction of sp³-hybridized carbons (Fsp3) is 0.154. The predicted molar refractivity (Wildman–Crippen MR) is 268 cm³/mol. The van der Waals surface area contributed by atoms with Crippen LogP contribution in [0.15, 0.2) is 122 Å². The van der Waals surface area contributed by atoms with Crippen LogP contribution in [0.2, 0.25) is 0 Å². The van der Waals surface area contributed by atoms with Crippen molar-refractivity contribution in [1.29, 1.82) is 5.26 Å². The Bertz CT molecular complexity index is 3000. The third kappa shape index (κ3) is 10.4. The maximum absolute atomic E-state index is 10.2. The summed E-state index contributed by atoms with van der Waals surface area (Å²) in [4.78, 5) is 43.8. The molecule has 15 heteroatoms. The number of ether oxygens (including phenoxy) is 2. The van der Waals surface area contributed by atoms with E-state index in [2.05, 4.69) is 149 Å². The number of fused-ring (bicyclic) bond motifs is 6. The molecule has 2 aromatic carbocycles. The van der Waals surface area contributed by atoms with Gasteiger partial charge in [-0.15, -0.1) is 22.7 Å². The summed E-state index contributed by atoms with van der Waals surface area (Å²) in [5.41, 5.74) is 16.0. The summed E-state index contributed by atoms with van der Waals surface area (Å²) >= 11 is 11.2. The van der Waals surface area contributed by atoms with E-state index in [-0.39, 0.29) is 30.3 Å². The van der Waals surface area contributed by atoms with Crippen LogP contribution < -0.4 is 9.47 Å². The number of rotatable bonds is 8. The van der Waals surface area contributed by atoms with Crippen molar-refractivity contribution in [2.75, 3.05) is 0 Å². The fourth-order valence-corrected chi connectivity index (χ4v) is 10.8. The van der Waals surface area contributed by atoms with Crippen LogP contribution in [-0.2, 0) is 52.5 Å². The molecule has 0 saturated carbocycles. The predicted octanol–water partition coefficient (Wildman–Crippen LogP) is 12.7. The molecule has 0 aliphatic heterocycles. The average molecular weight is 1040 g/mol. The Labute approximate surface area is 420 Å². The van der Waals surface area contributed by atoms with Crippen molar-refractivity contribution in [2.24, 2.45) is 0 Å². The van der Waals surface area contributed by atoms with Gasteiger partial charge in [-0.3, -0.25) is 29.5 Å². The van der Waals surface area contributed by atoms with E-state index in [9.17, 15) is 9.59 Å². The number of hydrogen-bond donors (Lipinski definition) is 0. The molecule has 8 aromatic rings. The van der Waals surface area contributed by atoms with Gasteiger partial charge < -0.3 is 27.5 Å². The number of thiocyanates is 1. The van der Waals surface area contributed by atoms with Crippen LogP contribution in [0.1, 0.15) is 59.7 Å². The van der Waals surface area contributed by atoms with E-state index in [4.69, 9.17) is 30.1 Å². The number of thiophene rings is 2. The normalized spacial score (nSPS) is 12.4. The quantitative estimate of drug-likeness (QED) is 0.0357. The molecule has 0 N–H and O–H groups in total. The minimum absolute atomic E-state index is 0. The smallest absolute Gasteiger partial charge is 0.753 e.